The van der Waals surface area contributed by atoms with Crippen molar-refractivity contribution in [3.8, 4) is 5.88 Å². The molecule has 5 nitrogen and oxygen atoms in total. The van der Waals surface area contributed by atoms with Crippen molar-refractivity contribution in [1.29, 1.82) is 0 Å². The number of ether oxygens (including phenoxy) is 1. The Kier molecular flexibility index (Phi) is 4.62. The van der Waals surface area contributed by atoms with E-state index >= 15 is 0 Å². The van der Waals surface area contributed by atoms with Crippen molar-refractivity contribution in [2.75, 3.05) is 19.7 Å². The summed E-state index contributed by atoms with van der Waals surface area (Å²) in [5, 5.41) is 8.06. The van der Waals surface area contributed by atoms with Crippen molar-refractivity contribution in [3.63, 3.8) is 0 Å². The van der Waals surface area contributed by atoms with Crippen LogP contribution in [0.1, 0.15) is 36.9 Å². The molecule has 0 atom stereocenters. The van der Waals surface area contributed by atoms with Crippen LogP contribution in [-0.2, 0) is 10.2 Å². The molecular weight excluding hydrogens is 326 g/mol. The van der Waals surface area contributed by atoms with Crippen molar-refractivity contribution in [2.24, 2.45) is 5.92 Å². The van der Waals surface area contributed by atoms with Gasteiger partial charge in [0.05, 0.1) is 17.7 Å². The van der Waals surface area contributed by atoms with Gasteiger partial charge in [0.2, 0.25) is 11.8 Å². The van der Waals surface area contributed by atoms with E-state index in [1.165, 1.54) is 5.56 Å². The largest absolute Gasteiger partial charge is 0.476 e. The van der Waals surface area contributed by atoms with Crippen LogP contribution >= 0.6 is 0 Å². The van der Waals surface area contributed by atoms with E-state index < -0.39 is 0 Å². The van der Waals surface area contributed by atoms with Gasteiger partial charge in [0.1, 0.15) is 0 Å². The van der Waals surface area contributed by atoms with Gasteiger partial charge in [-0.1, -0.05) is 30.3 Å². The molecule has 1 saturated heterocycles. The Hall–Kier alpha value is -2.43. The summed E-state index contributed by atoms with van der Waals surface area (Å²) in [4.78, 5) is 15.1. The Balaban J connectivity index is 1.30. The highest BCUT2D eigenvalue weighted by Crippen LogP contribution is 2.49. The van der Waals surface area contributed by atoms with E-state index in [-0.39, 0.29) is 5.41 Å². The molecule has 136 valence electrons. The van der Waals surface area contributed by atoms with Crippen LogP contribution < -0.4 is 4.74 Å². The highest BCUT2D eigenvalue weighted by Gasteiger charge is 2.53. The minimum Gasteiger partial charge on any atom is -0.476 e. The molecule has 0 spiro atoms. The minimum atomic E-state index is -0.248. The zero-order valence-electron chi connectivity index (χ0n) is 15.2. The van der Waals surface area contributed by atoms with Crippen LogP contribution in [0.25, 0.3) is 0 Å². The van der Waals surface area contributed by atoms with Gasteiger partial charge in [-0.3, -0.25) is 4.79 Å². The SMILES string of the molecule is Cc1ccc(OCC2CCN(C(=O)C3(c4ccccc4)CC3)CC2)nn1. The Morgan fingerprint density at radius 3 is 2.46 bits per heavy atom. The van der Waals surface area contributed by atoms with Crippen LogP contribution in [0, 0.1) is 12.8 Å². The third-order valence-corrected chi connectivity index (χ3v) is 5.63. The molecule has 1 amide bonds. The van der Waals surface area contributed by atoms with Crippen LogP contribution in [0.4, 0.5) is 0 Å². The molecule has 1 aromatic heterocycles. The fourth-order valence-corrected chi connectivity index (χ4v) is 3.78. The van der Waals surface area contributed by atoms with Crippen molar-refractivity contribution in [2.45, 2.75) is 38.0 Å². The standard InChI is InChI=1S/C21H25N3O2/c1-16-7-8-19(23-22-16)26-15-17-9-13-24(14-10-17)20(25)21(11-12-21)18-5-3-2-4-6-18/h2-8,17H,9-15H2,1H3. The van der Waals surface area contributed by atoms with Crippen LogP contribution in [0.2, 0.25) is 0 Å². The molecular formula is C21H25N3O2. The molecule has 1 aromatic carbocycles. The minimum absolute atomic E-state index is 0.248. The quantitative estimate of drug-likeness (QED) is 0.830. The van der Waals surface area contributed by atoms with Crippen LogP contribution in [-0.4, -0.2) is 40.7 Å². The van der Waals surface area contributed by atoms with Crippen LogP contribution in [0.15, 0.2) is 42.5 Å². The molecule has 5 heteroatoms. The van der Waals surface area contributed by atoms with E-state index in [0.29, 0.717) is 24.3 Å². The fourth-order valence-electron chi connectivity index (χ4n) is 3.78. The lowest BCUT2D eigenvalue weighted by Crippen LogP contribution is -2.44. The molecule has 1 aliphatic heterocycles. The third kappa shape index (κ3) is 3.43. The molecule has 0 bridgehead atoms. The first kappa shape index (κ1) is 17.0. The summed E-state index contributed by atoms with van der Waals surface area (Å²) in [6.45, 7) is 4.19. The average molecular weight is 351 g/mol. The van der Waals surface area contributed by atoms with E-state index in [4.69, 9.17) is 4.74 Å². The van der Waals surface area contributed by atoms with Gasteiger partial charge in [0.25, 0.3) is 0 Å². The molecule has 1 aliphatic carbocycles. The van der Waals surface area contributed by atoms with Crippen molar-refractivity contribution >= 4 is 5.91 Å². The molecule has 2 fully saturated rings. The maximum Gasteiger partial charge on any atom is 0.233 e. The third-order valence-electron chi connectivity index (χ3n) is 5.63. The molecule has 2 aliphatic rings. The van der Waals surface area contributed by atoms with Gasteiger partial charge >= 0.3 is 0 Å². The number of hydrogen-bond acceptors (Lipinski definition) is 4. The molecule has 0 radical (unpaired) electrons. The first-order valence-electron chi connectivity index (χ1n) is 9.45. The molecule has 2 aromatic rings. The molecule has 4 rings (SSSR count). The van der Waals surface area contributed by atoms with Crippen LogP contribution in [0.3, 0.4) is 0 Å². The lowest BCUT2D eigenvalue weighted by atomic mass is 9.91. The topological polar surface area (TPSA) is 55.3 Å². The van der Waals surface area contributed by atoms with Gasteiger partial charge in [-0.25, -0.2) is 0 Å². The van der Waals surface area contributed by atoms with Gasteiger partial charge in [0.15, 0.2) is 0 Å². The normalized spacial score (nSPS) is 19.2. The van der Waals surface area contributed by atoms with E-state index in [1.807, 2.05) is 37.3 Å². The number of aromatic nitrogens is 2. The van der Waals surface area contributed by atoms with Gasteiger partial charge in [-0.2, -0.15) is 5.10 Å². The number of likely N-dealkylation sites (tertiary alicyclic amines) is 1. The number of aryl methyl sites for hydroxylation is 1. The molecule has 2 heterocycles. The summed E-state index contributed by atoms with van der Waals surface area (Å²) in [5.41, 5.74) is 1.81. The van der Waals surface area contributed by atoms with Gasteiger partial charge in [0, 0.05) is 19.2 Å². The number of hydrogen-bond donors (Lipinski definition) is 0. The highest BCUT2D eigenvalue weighted by atomic mass is 16.5. The fraction of sp³-hybridized carbons (Fsp3) is 0.476. The average Bonchev–Trinajstić information content (AvgIpc) is 3.50. The van der Waals surface area contributed by atoms with Crippen molar-refractivity contribution in [1.82, 2.24) is 15.1 Å². The lowest BCUT2D eigenvalue weighted by Gasteiger charge is -2.34. The monoisotopic (exact) mass is 351 g/mol. The second-order valence-corrected chi connectivity index (χ2v) is 7.51. The highest BCUT2D eigenvalue weighted by molar-refractivity contribution is 5.91. The van der Waals surface area contributed by atoms with E-state index in [1.54, 1.807) is 0 Å². The lowest BCUT2D eigenvalue weighted by molar-refractivity contribution is -0.135. The number of benzene rings is 1. The molecule has 26 heavy (non-hydrogen) atoms. The van der Waals surface area contributed by atoms with Gasteiger partial charge < -0.3 is 9.64 Å². The zero-order valence-corrected chi connectivity index (χ0v) is 15.2. The summed E-state index contributed by atoms with van der Waals surface area (Å²) in [6.07, 6.45) is 3.92. The predicted octanol–water partition coefficient (Wildman–Crippen LogP) is 3.13. The Bertz CT molecular complexity index is 749. The number of piperidine rings is 1. The van der Waals surface area contributed by atoms with Crippen molar-refractivity contribution < 1.29 is 9.53 Å². The maximum atomic E-state index is 13.1. The summed E-state index contributed by atoms with van der Waals surface area (Å²) >= 11 is 0. The molecule has 0 unspecified atom stereocenters. The predicted molar refractivity (Wildman–Crippen MR) is 98.9 cm³/mol. The summed E-state index contributed by atoms with van der Waals surface area (Å²) in [6, 6.07) is 14.0. The smallest absolute Gasteiger partial charge is 0.233 e. The maximum absolute atomic E-state index is 13.1. The van der Waals surface area contributed by atoms with Crippen LogP contribution in [0.5, 0.6) is 5.88 Å². The number of nitrogens with zero attached hydrogens (tertiary/aromatic N) is 3. The Morgan fingerprint density at radius 1 is 1.12 bits per heavy atom. The zero-order chi connectivity index (χ0) is 18.0. The molecule has 1 saturated carbocycles. The number of carbonyl (C=O) groups is 1. The second kappa shape index (κ2) is 7.06. The summed E-state index contributed by atoms with van der Waals surface area (Å²) < 4.78 is 5.77. The van der Waals surface area contributed by atoms with E-state index in [9.17, 15) is 4.79 Å². The van der Waals surface area contributed by atoms with Crippen molar-refractivity contribution in [3.05, 3.63) is 53.7 Å². The second-order valence-electron chi connectivity index (χ2n) is 7.51. The number of amides is 1. The van der Waals surface area contributed by atoms with Gasteiger partial charge in [-0.15, -0.1) is 5.10 Å². The molecule has 0 N–H and O–H groups in total. The van der Waals surface area contributed by atoms with E-state index in [0.717, 1.165) is 44.5 Å². The first-order chi connectivity index (χ1) is 12.7. The number of rotatable bonds is 5. The van der Waals surface area contributed by atoms with E-state index in [2.05, 4.69) is 27.2 Å². The summed E-state index contributed by atoms with van der Waals surface area (Å²) in [7, 11) is 0. The Labute approximate surface area is 154 Å². The first-order valence-corrected chi connectivity index (χ1v) is 9.45. The van der Waals surface area contributed by atoms with Gasteiger partial charge in [-0.05, 0) is 50.2 Å². The number of carbonyl (C=O) groups excluding carboxylic acids is 1. The summed E-state index contributed by atoms with van der Waals surface area (Å²) in [5.74, 6) is 1.36. The Morgan fingerprint density at radius 2 is 1.85 bits per heavy atom.